The van der Waals surface area contributed by atoms with Crippen molar-refractivity contribution in [3.05, 3.63) is 72.9 Å². The molecule has 52 heavy (non-hydrogen) atoms. The number of carbonyl (C=O) groups excluding carboxylic acids is 1. The minimum Gasteiger partial charge on any atom is -0.458 e. The van der Waals surface area contributed by atoms with Crippen molar-refractivity contribution in [3.8, 4) is 0 Å². The molecule has 6 unspecified atom stereocenters. The fourth-order valence-electron chi connectivity index (χ4n) is 5.20. The van der Waals surface area contributed by atoms with E-state index in [4.69, 9.17) is 23.5 Å². The van der Waals surface area contributed by atoms with Crippen LogP contribution in [0, 0.1) is 0 Å². The normalized spacial score (nSPS) is 22.3. The van der Waals surface area contributed by atoms with Gasteiger partial charge in [0.25, 0.3) is 0 Å². The molecule has 1 aliphatic heterocycles. The summed E-state index contributed by atoms with van der Waals surface area (Å²) in [5, 5.41) is 30.0. The fraction of sp³-hybridized carbons (Fsp3) is 0.667. The van der Waals surface area contributed by atoms with E-state index >= 15 is 0 Å². The van der Waals surface area contributed by atoms with Crippen LogP contribution in [0.5, 0.6) is 0 Å². The summed E-state index contributed by atoms with van der Waals surface area (Å²) >= 11 is 0. The molecule has 0 aromatic carbocycles. The Morgan fingerprint density at radius 2 is 1.23 bits per heavy atom. The Morgan fingerprint density at radius 3 is 1.73 bits per heavy atom. The zero-order valence-corrected chi connectivity index (χ0v) is 31.9. The average molecular weight is 757 g/mol. The highest BCUT2D eigenvalue weighted by Crippen LogP contribution is 2.25. The Morgan fingerprint density at radius 1 is 0.731 bits per heavy atom. The molecule has 0 spiro atoms. The molecule has 0 aliphatic carbocycles. The molecule has 12 nitrogen and oxygen atoms in total. The second-order valence-electron chi connectivity index (χ2n) is 12.5. The zero-order valence-electron chi connectivity index (χ0n) is 31.1. The highest BCUT2D eigenvalue weighted by atomic mass is 32.3. The number of esters is 1. The van der Waals surface area contributed by atoms with Crippen LogP contribution in [0.25, 0.3) is 0 Å². The molecule has 1 rings (SSSR count). The van der Waals surface area contributed by atoms with Gasteiger partial charge in [-0.15, -0.1) is 0 Å². The van der Waals surface area contributed by atoms with Crippen LogP contribution in [0.1, 0.15) is 104 Å². The highest BCUT2D eigenvalue weighted by Gasteiger charge is 2.48. The lowest BCUT2D eigenvalue weighted by molar-refractivity contribution is -0.301. The van der Waals surface area contributed by atoms with Gasteiger partial charge >= 0.3 is 16.4 Å². The van der Waals surface area contributed by atoms with Gasteiger partial charge in [-0.1, -0.05) is 112 Å². The Balaban J connectivity index is 2.10. The molecule has 6 atom stereocenters. The number of ether oxygens (including phenoxy) is 4. The van der Waals surface area contributed by atoms with Gasteiger partial charge in [-0.2, -0.15) is 8.42 Å². The van der Waals surface area contributed by atoms with Gasteiger partial charge in [-0.25, -0.2) is 4.18 Å². The minimum atomic E-state index is -5.04. The molecule has 0 saturated carbocycles. The van der Waals surface area contributed by atoms with E-state index in [1.165, 1.54) is 26.2 Å². The van der Waals surface area contributed by atoms with Crippen molar-refractivity contribution < 1.29 is 56.2 Å². The second-order valence-corrected chi connectivity index (χ2v) is 13.6. The third kappa shape index (κ3) is 25.5. The second kappa shape index (κ2) is 30.9. The monoisotopic (exact) mass is 756 g/mol. The summed E-state index contributed by atoms with van der Waals surface area (Å²) < 4.78 is 57.3. The van der Waals surface area contributed by atoms with Gasteiger partial charge < -0.3 is 34.3 Å². The quantitative estimate of drug-likeness (QED) is 0.0275. The molecule has 0 amide bonds. The van der Waals surface area contributed by atoms with Crippen LogP contribution in [0.15, 0.2) is 72.9 Å². The van der Waals surface area contributed by atoms with Crippen molar-refractivity contribution in [2.75, 3.05) is 26.4 Å². The minimum absolute atomic E-state index is 0.00793. The number of allylic oxidation sites excluding steroid dienone is 12. The van der Waals surface area contributed by atoms with Crippen molar-refractivity contribution in [3.63, 3.8) is 0 Å². The highest BCUT2D eigenvalue weighted by molar-refractivity contribution is 7.80. The molecule has 1 heterocycles. The summed E-state index contributed by atoms with van der Waals surface area (Å²) in [6.07, 6.45) is 32.0. The van der Waals surface area contributed by atoms with Crippen molar-refractivity contribution in [2.45, 2.75) is 141 Å². The summed E-state index contributed by atoms with van der Waals surface area (Å²) in [6.45, 7) is 2.77. The van der Waals surface area contributed by atoms with E-state index in [-0.39, 0.29) is 13.2 Å². The van der Waals surface area contributed by atoms with Crippen LogP contribution < -0.4 is 0 Å². The van der Waals surface area contributed by atoms with Crippen LogP contribution in [-0.2, 0) is 38.3 Å². The van der Waals surface area contributed by atoms with Crippen LogP contribution in [-0.4, -0.2) is 97.5 Å². The first-order chi connectivity index (χ1) is 25.1. The van der Waals surface area contributed by atoms with Gasteiger partial charge in [0, 0.05) is 13.5 Å². The summed E-state index contributed by atoms with van der Waals surface area (Å²) in [7, 11) is -5.04. The van der Waals surface area contributed by atoms with Gasteiger partial charge in [0.2, 0.25) is 0 Å². The van der Waals surface area contributed by atoms with Crippen LogP contribution >= 0.6 is 0 Å². The maximum atomic E-state index is 11.6. The Bertz CT molecular complexity index is 1190. The lowest BCUT2D eigenvalue weighted by Crippen LogP contribution is -2.60. The summed E-state index contributed by atoms with van der Waals surface area (Å²) in [4.78, 5) is 11.6. The first-order valence-corrected chi connectivity index (χ1v) is 20.0. The van der Waals surface area contributed by atoms with E-state index in [0.29, 0.717) is 6.61 Å². The fourth-order valence-corrected chi connectivity index (χ4v) is 5.71. The molecule has 0 bridgehead atoms. The van der Waals surface area contributed by atoms with E-state index in [0.717, 1.165) is 70.6 Å². The van der Waals surface area contributed by atoms with E-state index < -0.39 is 59.8 Å². The molecular formula is C39H64O12S. The van der Waals surface area contributed by atoms with Crippen molar-refractivity contribution in [2.24, 2.45) is 0 Å². The Labute approximate surface area is 311 Å². The first kappa shape index (κ1) is 47.6. The Kier molecular flexibility index (Phi) is 28.3. The molecule has 298 valence electrons. The van der Waals surface area contributed by atoms with Gasteiger partial charge in [-0.05, 0) is 57.8 Å². The molecule has 0 radical (unpaired) electrons. The molecule has 0 aromatic rings. The number of hydrogen-bond donors (Lipinski definition) is 4. The smallest absolute Gasteiger partial charge is 0.397 e. The maximum absolute atomic E-state index is 11.6. The number of unbranched alkanes of at least 4 members (excludes halogenated alkanes) is 7. The molecule has 13 heteroatoms. The average Bonchev–Trinajstić information content (AvgIpc) is 3.10. The molecule has 1 saturated heterocycles. The molecule has 0 aromatic heterocycles. The zero-order chi connectivity index (χ0) is 38.3. The predicted octanol–water partition coefficient (Wildman–Crippen LogP) is 6.40. The third-order valence-electron chi connectivity index (χ3n) is 7.89. The molecule has 1 fully saturated rings. The van der Waals surface area contributed by atoms with Gasteiger partial charge in [0.15, 0.2) is 6.29 Å². The number of aliphatic hydroxyl groups excluding tert-OH is 3. The number of rotatable bonds is 30. The van der Waals surface area contributed by atoms with Crippen LogP contribution in [0.4, 0.5) is 0 Å². The number of hydrogen-bond acceptors (Lipinski definition) is 11. The predicted molar refractivity (Wildman–Crippen MR) is 202 cm³/mol. The lowest BCUT2D eigenvalue weighted by Gasteiger charge is -2.41. The summed E-state index contributed by atoms with van der Waals surface area (Å²) in [6, 6.07) is 0. The summed E-state index contributed by atoms with van der Waals surface area (Å²) in [5.74, 6) is -0.584. The van der Waals surface area contributed by atoms with Crippen LogP contribution in [0.2, 0.25) is 0 Å². The SMILES string of the molecule is CC/C=C\C/C=C\C/C=C\C/C=C\C/C=C\C/C=C\CCCCCCCCCOCC(COC1OC(CO)C(O)C(OS(=O)(=O)O)C1O)OC(C)=O. The van der Waals surface area contributed by atoms with Gasteiger partial charge in [-0.3, -0.25) is 9.35 Å². The summed E-state index contributed by atoms with van der Waals surface area (Å²) in [5.41, 5.74) is 0. The molecule has 4 N–H and O–H groups in total. The van der Waals surface area contributed by atoms with Crippen molar-refractivity contribution in [1.29, 1.82) is 0 Å². The number of carbonyl (C=O) groups is 1. The number of aliphatic hydroxyl groups is 3. The van der Waals surface area contributed by atoms with Gasteiger partial charge in [0.1, 0.15) is 30.5 Å². The van der Waals surface area contributed by atoms with Crippen molar-refractivity contribution in [1.82, 2.24) is 0 Å². The van der Waals surface area contributed by atoms with E-state index in [1.54, 1.807) is 0 Å². The molecule has 1 aliphatic rings. The van der Waals surface area contributed by atoms with E-state index in [9.17, 15) is 28.5 Å². The van der Waals surface area contributed by atoms with Gasteiger partial charge in [0.05, 0.1) is 19.8 Å². The van der Waals surface area contributed by atoms with E-state index in [2.05, 4.69) is 84.0 Å². The van der Waals surface area contributed by atoms with Crippen molar-refractivity contribution >= 4 is 16.4 Å². The largest absolute Gasteiger partial charge is 0.458 e. The Hall–Kier alpha value is -2.46. The van der Waals surface area contributed by atoms with Crippen LogP contribution in [0.3, 0.4) is 0 Å². The first-order valence-electron chi connectivity index (χ1n) is 18.6. The standard InChI is InChI=1S/C39H64O12S/c1-3-4-5-6-7-8-9-10-11-12-13-14-15-16-17-18-19-20-21-22-23-24-25-26-27-28-29-47-31-34(49-33(2)41)32-48-39-37(43)38(51-52(44,45)46)36(42)35(30-40)50-39/h4-5,7-8,10-11,13-14,16-17,19-20,34-40,42-43H,3,6,9,12,15,18,21-32H2,1-2H3,(H,44,45,46)/b5-4-,8-7-,11-10-,14-13-,17-16-,20-19-. The van der Waals surface area contributed by atoms with E-state index in [1.807, 2.05) is 0 Å². The third-order valence-corrected chi connectivity index (χ3v) is 8.36. The lowest BCUT2D eigenvalue weighted by atomic mass is 9.99. The topological polar surface area (TPSA) is 178 Å². The maximum Gasteiger partial charge on any atom is 0.397 e. The molecular weight excluding hydrogens is 692 g/mol.